The summed E-state index contributed by atoms with van der Waals surface area (Å²) in [5, 5.41) is 5.60. The Morgan fingerprint density at radius 1 is 1.23 bits per heavy atom. The average molecular weight is 354 g/mol. The summed E-state index contributed by atoms with van der Waals surface area (Å²) in [7, 11) is 3.44. The van der Waals surface area contributed by atoms with Crippen molar-refractivity contribution in [3.05, 3.63) is 78.1 Å². The zero-order valence-electron chi connectivity index (χ0n) is 14.4. The molecular weight excluding hydrogens is 335 g/mol. The van der Waals surface area contributed by atoms with Crippen molar-refractivity contribution in [1.29, 1.82) is 0 Å². The molecule has 134 valence electrons. The number of carbonyl (C=O) groups excluding carboxylic acids is 1. The van der Waals surface area contributed by atoms with Crippen LogP contribution in [0.25, 0.3) is 0 Å². The normalized spacial score (nSPS) is 11.7. The Labute approximate surface area is 150 Å². The minimum Gasteiger partial charge on any atom is -0.497 e. The van der Waals surface area contributed by atoms with Crippen LogP contribution in [0, 0.1) is 5.82 Å². The van der Waals surface area contributed by atoms with Crippen LogP contribution in [-0.2, 0) is 7.05 Å². The molecule has 0 spiro atoms. The predicted molar refractivity (Wildman–Crippen MR) is 96.6 cm³/mol. The van der Waals surface area contributed by atoms with Crippen LogP contribution in [0.5, 0.6) is 5.75 Å². The van der Waals surface area contributed by atoms with Crippen LogP contribution >= 0.6 is 0 Å². The maximum atomic E-state index is 13.0. The number of aromatic nitrogens is 2. The molecule has 0 aliphatic heterocycles. The van der Waals surface area contributed by atoms with Gasteiger partial charge in [0.15, 0.2) is 0 Å². The largest absolute Gasteiger partial charge is 0.497 e. The van der Waals surface area contributed by atoms with Gasteiger partial charge in [-0.1, -0.05) is 12.1 Å². The van der Waals surface area contributed by atoms with Crippen LogP contribution in [0.15, 0.2) is 60.9 Å². The van der Waals surface area contributed by atoms with Crippen LogP contribution in [0.4, 0.5) is 14.9 Å². The molecule has 26 heavy (non-hydrogen) atoms. The first kappa shape index (κ1) is 17.5. The van der Waals surface area contributed by atoms with Crippen molar-refractivity contribution in [3.63, 3.8) is 0 Å². The van der Waals surface area contributed by atoms with Crippen LogP contribution < -0.4 is 15.4 Å². The monoisotopic (exact) mass is 354 g/mol. The summed E-state index contributed by atoms with van der Waals surface area (Å²) in [5.41, 5.74) is 1.32. The topological polar surface area (TPSA) is 68.2 Å². The van der Waals surface area contributed by atoms with Gasteiger partial charge in [-0.2, -0.15) is 0 Å². The smallest absolute Gasteiger partial charge is 0.320 e. The number of ether oxygens (including phenoxy) is 1. The summed E-state index contributed by atoms with van der Waals surface area (Å²) in [4.78, 5) is 16.8. The van der Waals surface area contributed by atoms with E-state index in [1.165, 1.54) is 24.3 Å². The summed E-state index contributed by atoms with van der Waals surface area (Å²) in [6, 6.07) is 12.1. The van der Waals surface area contributed by atoms with Crippen molar-refractivity contribution >= 4 is 11.7 Å². The molecule has 2 aromatic carbocycles. The van der Waals surface area contributed by atoms with Crippen molar-refractivity contribution < 1.29 is 13.9 Å². The second-order valence-electron chi connectivity index (χ2n) is 5.71. The second-order valence-corrected chi connectivity index (χ2v) is 5.71. The molecular formula is C19H19FN4O2. The van der Waals surface area contributed by atoms with E-state index in [0.717, 1.165) is 5.56 Å². The summed E-state index contributed by atoms with van der Waals surface area (Å²) in [5.74, 6) is 0.994. The van der Waals surface area contributed by atoms with E-state index in [9.17, 15) is 9.18 Å². The third kappa shape index (κ3) is 4.00. The lowest BCUT2D eigenvalue weighted by Gasteiger charge is -2.20. The first-order valence-electron chi connectivity index (χ1n) is 8.01. The van der Waals surface area contributed by atoms with E-state index >= 15 is 0 Å². The standard InChI is InChI=1S/C19H19FN4O2/c1-24-11-10-21-18(24)17(13-4-3-5-16(12-13)26-2)23-19(25)22-15-8-6-14(20)7-9-15/h3-12,17H,1-2H3,(H2,22,23,25). The molecule has 3 rings (SSSR count). The highest BCUT2D eigenvalue weighted by atomic mass is 19.1. The molecule has 0 saturated carbocycles. The molecule has 0 radical (unpaired) electrons. The van der Waals surface area contributed by atoms with Gasteiger partial charge in [0.05, 0.1) is 7.11 Å². The highest BCUT2D eigenvalue weighted by Gasteiger charge is 2.21. The molecule has 3 aromatic rings. The molecule has 1 atom stereocenters. The van der Waals surface area contributed by atoms with Gasteiger partial charge in [-0.05, 0) is 42.0 Å². The quantitative estimate of drug-likeness (QED) is 0.737. The van der Waals surface area contributed by atoms with Crippen LogP contribution in [0.1, 0.15) is 17.4 Å². The number of urea groups is 1. The number of imidazole rings is 1. The Balaban J connectivity index is 1.85. The maximum absolute atomic E-state index is 13.0. The van der Waals surface area contributed by atoms with Gasteiger partial charge in [-0.3, -0.25) is 0 Å². The van der Waals surface area contributed by atoms with Crippen LogP contribution in [-0.4, -0.2) is 22.7 Å². The van der Waals surface area contributed by atoms with Crippen molar-refractivity contribution in [2.24, 2.45) is 7.05 Å². The van der Waals surface area contributed by atoms with Gasteiger partial charge >= 0.3 is 6.03 Å². The number of halogens is 1. The van der Waals surface area contributed by atoms with Gasteiger partial charge < -0.3 is 19.9 Å². The van der Waals surface area contributed by atoms with Crippen LogP contribution in [0.2, 0.25) is 0 Å². The third-order valence-electron chi connectivity index (χ3n) is 3.92. The fraction of sp³-hybridized carbons (Fsp3) is 0.158. The van der Waals surface area contributed by atoms with E-state index in [0.29, 0.717) is 17.3 Å². The molecule has 2 amide bonds. The molecule has 0 fully saturated rings. The first-order chi connectivity index (χ1) is 12.6. The van der Waals surface area contributed by atoms with Crippen molar-refractivity contribution in [2.45, 2.75) is 6.04 Å². The molecule has 6 nitrogen and oxygen atoms in total. The second kappa shape index (κ2) is 7.69. The summed E-state index contributed by atoms with van der Waals surface area (Å²) < 4.78 is 20.1. The van der Waals surface area contributed by atoms with Crippen molar-refractivity contribution in [3.8, 4) is 5.75 Å². The van der Waals surface area contributed by atoms with Gasteiger partial charge in [0, 0.05) is 25.1 Å². The average Bonchev–Trinajstić information content (AvgIpc) is 3.07. The van der Waals surface area contributed by atoms with E-state index in [4.69, 9.17) is 4.74 Å². The molecule has 7 heteroatoms. The molecule has 0 aliphatic carbocycles. The number of rotatable bonds is 5. The highest BCUT2D eigenvalue weighted by Crippen LogP contribution is 2.24. The number of nitrogens with zero attached hydrogens (tertiary/aromatic N) is 2. The van der Waals surface area contributed by atoms with Gasteiger partial charge in [-0.25, -0.2) is 14.2 Å². The Morgan fingerprint density at radius 3 is 2.65 bits per heavy atom. The molecule has 0 aliphatic rings. The maximum Gasteiger partial charge on any atom is 0.320 e. The van der Waals surface area contributed by atoms with Gasteiger partial charge in [0.25, 0.3) is 0 Å². The lowest BCUT2D eigenvalue weighted by atomic mass is 10.1. The number of hydrogen-bond acceptors (Lipinski definition) is 3. The van der Waals surface area contributed by atoms with E-state index in [-0.39, 0.29) is 5.82 Å². The van der Waals surface area contributed by atoms with Crippen molar-refractivity contribution in [1.82, 2.24) is 14.9 Å². The Kier molecular flexibility index (Phi) is 5.17. The van der Waals surface area contributed by atoms with E-state index in [1.54, 1.807) is 13.3 Å². The lowest BCUT2D eigenvalue weighted by Crippen LogP contribution is -2.34. The minimum atomic E-state index is -0.481. The van der Waals surface area contributed by atoms with E-state index in [1.807, 2.05) is 42.1 Å². The van der Waals surface area contributed by atoms with E-state index in [2.05, 4.69) is 15.6 Å². The summed E-state index contributed by atoms with van der Waals surface area (Å²) in [6.07, 6.45) is 3.48. The minimum absolute atomic E-state index is 0.363. The number of carbonyl (C=O) groups is 1. The predicted octanol–water partition coefficient (Wildman–Crippen LogP) is 3.48. The summed E-state index contributed by atoms with van der Waals surface area (Å²) in [6.45, 7) is 0. The highest BCUT2D eigenvalue weighted by molar-refractivity contribution is 5.89. The van der Waals surface area contributed by atoms with Crippen molar-refractivity contribution in [2.75, 3.05) is 12.4 Å². The SMILES string of the molecule is COc1cccc(C(NC(=O)Nc2ccc(F)cc2)c2nccn2C)c1. The Bertz CT molecular complexity index is 893. The zero-order valence-corrected chi connectivity index (χ0v) is 14.4. The third-order valence-corrected chi connectivity index (χ3v) is 3.92. The summed E-state index contributed by atoms with van der Waals surface area (Å²) >= 11 is 0. The lowest BCUT2D eigenvalue weighted by molar-refractivity contribution is 0.249. The zero-order chi connectivity index (χ0) is 18.5. The number of anilines is 1. The molecule has 1 heterocycles. The number of benzene rings is 2. The number of methoxy groups -OCH3 is 1. The fourth-order valence-electron chi connectivity index (χ4n) is 2.60. The molecule has 1 aromatic heterocycles. The number of nitrogens with one attached hydrogen (secondary N) is 2. The van der Waals surface area contributed by atoms with Gasteiger partial charge in [0.2, 0.25) is 0 Å². The number of hydrogen-bond donors (Lipinski definition) is 2. The molecule has 0 bridgehead atoms. The number of amides is 2. The first-order valence-corrected chi connectivity index (χ1v) is 8.01. The Hall–Kier alpha value is -3.35. The molecule has 2 N–H and O–H groups in total. The number of aryl methyl sites for hydroxylation is 1. The molecule has 1 unspecified atom stereocenters. The fourth-order valence-corrected chi connectivity index (χ4v) is 2.60. The van der Waals surface area contributed by atoms with Crippen LogP contribution in [0.3, 0.4) is 0 Å². The Morgan fingerprint density at radius 2 is 2.00 bits per heavy atom. The van der Waals surface area contributed by atoms with Gasteiger partial charge in [0.1, 0.15) is 23.4 Å². The van der Waals surface area contributed by atoms with Gasteiger partial charge in [-0.15, -0.1) is 0 Å². The molecule has 0 saturated heterocycles. The van der Waals surface area contributed by atoms with E-state index < -0.39 is 12.1 Å².